The maximum absolute atomic E-state index is 12.9. The highest BCUT2D eigenvalue weighted by atomic mass is 32.1. The van der Waals surface area contributed by atoms with Gasteiger partial charge in [-0.2, -0.15) is 0 Å². The summed E-state index contributed by atoms with van der Waals surface area (Å²) in [6, 6.07) is 3.94. The van der Waals surface area contributed by atoms with Gasteiger partial charge in [-0.15, -0.1) is 11.3 Å². The number of nitrogens with zero attached hydrogens (tertiary/aromatic N) is 1. The molecule has 1 aromatic heterocycles. The lowest BCUT2D eigenvalue weighted by Gasteiger charge is -2.04. The molecule has 0 saturated carbocycles. The van der Waals surface area contributed by atoms with Crippen LogP contribution in [0.1, 0.15) is 11.3 Å². The molecule has 90 valence electrons. The second kappa shape index (κ2) is 5.84. The first kappa shape index (κ1) is 12.1. The van der Waals surface area contributed by atoms with E-state index in [4.69, 9.17) is 0 Å². The summed E-state index contributed by atoms with van der Waals surface area (Å²) in [7, 11) is 0. The first-order valence-electron chi connectivity index (χ1n) is 5.27. The predicted octanol–water partition coefficient (Wildman–Crippen LogP) is 2.75. The van der Waals surface area contributed by atoms with Crippen molar-refractivity contribution in [2.24, 2.45) is 0 Å². The number of rotatable bonds is 5. The van der Waals surface area contributed by atoms with Gasteiger partial charge in [0.15, 0.2) is 11.6 Å². The van der Waals surface area contributed by atoms with Crippen molar-refractivity contribution >= 4 is 11.3 Å². The normalized spacial score (nSPS) is 10.7. The average Bonchev–Trinajstić information content (AvgIpc) is 2.82. The van der Waals surface area contributed by atoms with E-state index in [1.165, 1.54) is 6.07 Å². The number of hydrogen-bond donors (Lipinski definition) is 1. The van der Waals surface area contributed by atoms with Gasteiger partial charge in [0.25, 0.3) is 0 Å². The molecule has 0 radical (unpaired) electrons. The molecular formula is C12H12F2N2S. The zero-order chi connectivity index (χ0) is 12.1. The van der Waals surface area contributed by atoms with Gasteiger partial charge in [-0.05, 0) is 17.7 Å². The number of thiazole rings is 1. The Labute approximate surface area is 102 Å². The highest BCUT2D eigenvalue weighted by Crippen LogP contribution is 2.08. The molecule has 2 nitrogen and oxygen atoms in total. The van der Waals surface area contributed by atoms with Crippen LogP contribution in [0.2, 0.25) is 0 Å². The van der Waals surface area contributed by atoms with Gasteiger partial charge in [-0.1, -0.05) is 6.07 Å². The number of nitrogens with one attached hydrogen (secondary N) is 1. The van der Waals surface area contributed by atoms with Crippen LogP contribution < -0.4 is 5.32 Å². The second-order valence-corrected chi connectivity index (χ2v) is 4.37. The Balaban J connectivity index is 1.76. The quantitative estimate of drug-likeness (QED) is 0.830. The van der Waals surface area contributed by atoms with Crippen molar-refractivity contribution < 1.29 is 8.78 Å². The molecule has 1 heterocycles. The first-order chi connectivity index (χ1) is 8.25. The summed E-state index contributed by atoms with van der Waals surface area (Å²) < 4.78 is 25.6. The third-order valence-electron chi connectivity index (χ3n) is 2.35. The predicted molar refractivity (Wildman–Crippen MR) is 63.9 cm³/mol. The van der Waals surface area contributed by atoms with E-state index in [0.29, 0.717) is 6.54 Å². The Morgan fingerprint density at radius 1 is 1.24 bits per heavy atom. The summed E-state index contributed by atoms with van der Waals surface area (Å²) >= 11 is 1.57. The molecule has 5 heteroatoms. The maximum Gasteiger partial charge on any atom is 0.159 e. The maximum atomic E-state index is 12.9. The minimum atomic E-state index is -0.809. The highest BCUT2D eigenvalue weighted by Gasteiger charge is 2.02. The Kier molecular flexibility index (Phi) is 4.17. The second-order valence-electron chi connectivity index (χ2n) is 3.66. The lowest BCUT2D eigenvalue weighted by atomic mass is 10.2. The Bertz CT molecular complexity index is 471. The van der Waals surface area contributed by atoms with Crippen LogP contribution in [0.5, 0.6) is 0 Å². The third kappa shape index (κ3) is 3.57. The van der Waals surface area contributed by atoms with Crippen LogP contribution in [0.25, 0.3) is 0 Å². The van der Waals surface area contributed by atoms with Gasteiger partial charge < -0.3 is 5.32 Å². The van der Waals surface area contributed by atoms with Crippen LogP contribution in [0.15, 0.2) is 29.1 Å². The van der Waals surface area contributed by atoms with Crippen molar-refractivity contribution in [2.75, 3.05) is 6.54 Å². The van der Waals surface area contributed by atoms with Crippen molar-refractivity contribution in [2.45, 2.75) is 13.0 Å². The van der Waals surface area contributed by atoms with E-state index in [1.54, 1.807) is 22.9 Å². The summed E-state index contributed by atoms with van der Waals surface area (Å²) in [6.45, 7) is 1.30. The van der Waals surface area contributed by atoms with E-state index in [1.807, 2.05) is 5.38 Å². The molecule has 0 spiro atoms. The van der Waals surface area contributed by atoms with Crippen molar-refractivity contribution in [3.8, 4) is 0 Å². The van der Waals surface area contributed by atoms with E-state index in [2.05, 4.69) is 10.3 Å². The average molecular weight is 254 g/mol. The number of aromatic nitrogens is 1. The monoisotopic (exact) mass is 254 g/mol. The van der Waals surface area contributed by atoms with Gasteiger partial charge in [0.1, 0.15) is 0 Å². The Morgan fingerprint density at radius 2 is 2.12 bits per heavy atom. The minimum absolute atomic E-state index is 0.529. The molecule has 0 atom stereocenters. The summed E-state index contributed by atoms with van der Waals surface area (Å²) in [5.41, 5.74) is 3.58. The van der Waals surface area contributed by atoms with Gasteiger partial charge in [-0.25, -0.2) is 13.8 Å². The molecule has 0 fully saturated rings. The number of benzene rings is 1. The topological polar surface area (TPSA) is 24.9 Å². The Hall–Kier alpha value is -1.33. The fraction of sp³-hybridized carbons (Fsp3) is 0.250. The molecule has 0 saturated heterocycles. The largest absolute Gasteiger partial charge is 0.312 e. The van der Waals surface area contributed by atoms with Gasteiger partial charge in [0, 0.05) is 24.9 Å². The molecule has 2 rings (SSSR count). The Morgan fingerprint density at radius 3 is 2.82 bits per heavy atom. The molecule has 1 N–H and O–H groups in total. The molecule has 17 heavy (non-hydrogen) atoms. The zero-order valence-electron chi connectivity index (χ0n) is 9.12. The first-order valence-corrected chi connectivity index (χ1v) is 6.21. The van der Waals surface area contributed by atoms with Crippen LogP contribution in [0.3, 0.4) is 0 Å². The molecule has 0 aliphatic carbocycles. The van der Waals surface area contributed by atoms with Crippen molar-refractivity contribution in [1.29, 1.82) is 0 Å². The molecule has 0 aliphatic heterocycles. The van der Waals surface area contributed by atoms with Crippen LogP contribution >= 0.6 is 11.3 Å². The van der Waals surface area contributed by atoms with E-state index in [-0.39, 0.29) is 0 Å². The molecule has 0 unspecified atom stereocenters. The van der Waals surface area contributed by atoms with Crippen LogP contribution in [0, 0.1) is 11.6 Å². The fourth-order valence-corrected chi connectivity index (χ4v) is 2.05. The lowest BCUT2D eigenvalue weighted by Crippen LogP contribution is -2.16. The zero-order valence-corrected chi connectivity index (χ0v) is 9.94. The smallest absolute Gasteiger partial charge is 0.159 e. The summed E-state index contributed by atoms with van der Waals surface area (Å²) in [6.07, 6.45) is 0.840. The molecule has 1 aromatic carbocycles. The highest BCUT2D eigenvalue weighted by molar-refractivity contribution is 7.07. The van der Waals surface area contributed by atoms with Crippen molar-refractivity contribution in [3.05, 3.63) is 52.0 Å². The third-order valence-corrected chi connectivity index (χ3v) is 2.99. The molecule has 2 aromatic rings. The van der Waals surface area contributed by atoms with E-state index >= 15 is 0 Å². The van der Waals surface area contributed by atoms with Gasteiger partial charge in [-0.3, -0.25) is 0 Å². The van der Waals surface area contributed by atoms with E-state index in [9.17, 15) is 8.78 Å². The van der Waals surface area contributed by atoms with E-state index in [0.717, 1.165) is 30.3 Å². The van der Waals surface area contributed by atoms with Crippen LogP contribution in [-0.4, -0.2) is 11.5 Å². The van der Waals surface area contributed by atoms with Gasteiger partial charge in [0.05, 0.1) is 11.2 Å². The SMILES string of the molecule is Fc1ccc(CNCCc2cscn2)cc1F. The van der Waals surface area contributed by atoms with E-state index < -0.39 is 11.6 Å². The van der Waals surface area contributed by atoms with Crippen LogP contribution in [-0.2, 0) is 13.0 Å². The molecule has 0 aliphatic rings. The summed E-state index contributed by atoms with van der Waals surface area (Å²) in [5, 5.41) is 5.16. The fourth-order valence-electron chi connectivity index (χ4n) is 1.46. The minimum Gasteiger partial charge on any atom is -0.312 e. The molecule has 0 amide bonds. The number of hydrogen-bond acceptors (Lipinski definition) is 3. The lowest BCUT2D eigenvalue weighted by molar-refractivity contribution is 0.506. The molecule has 0 bridgehead atoms. The van der Waals surface area contributed by atoms with Crippen molar-refractivity contribution in [3.63, 3.8) is 0 Å². The number of halogens is 2. The standard InChI is InChI=1S/C12H12F2N2S/c13-11-2-1-9(5-12(11)14)6-15-4-3-10-7-17-8-16-10/h1-2,5,7-8,15H,3-4,6H2. The van der Waals surface area contributed by atoms with Crippen LogP contribution in [0.4, 0.5) is 8.78 Å². The van der Waals surface area contributed by atoms with Gasteiger partial charge in [0.2, 0.25) is 0 Å². The summed E-state index contributed by atoms with van der Waals surface area (Å²) in [4.78, 5) is 4.16. The van der Waals surface area contributed by atoms with Crippen molar-refractivity contribution in [1.82, 2.24) is 10.3 Å². The summed E-state index contributed by atoms with van der Waals surface area (Å²) in [5.74, 6) is -1.61. The molecular weight excluding hydrogens is 242 g/mol. The van der Waals surface area contributed by atoms with Gasteiger partial charge >= 0.3 is 0 Å².